The van der Waals surface area contributed by atoms with Crippen LogP contribution in [0.5, 0.6) is 0 Å². The van der Waals surface area contributed by atoms with Gasteiger partial charge in [-0.05, 0) is 196 Å². The third kappa shape index (κ3) is 7.88. The van der Waals surface area contributed by atoms with Gasteiger partial charge in [-0.2, -0.15) is 0 Å². The van der Waals surface area contributed by atoms with E-state index in [4.69, 9.17) is 0 Å². The van der Waals surface area contributed by atoms with E-state index in [1.807, 2.05) is 0 Å². The minimum absolute atomic E-state index is 0.168. The van der Waals surface area contributed by atoms with Crippen molar-refractivity contribution in [1.82, 2.24) is 0 Å². The lowest BCUT2D eigenvalue weighted by Crippen LogP contribution is -2.18. The Kier molecular flexibility index (Phi) is 10.8. The molecule has 0 radical (unpaired) electrons. The zero-order valence-corrected chi connectivity index (χ0v) is 43.2. The quantitative estimate of drug-likeness (QED) is 0.140. The van der Waals surface area contributed by atoms with Crippen LogP contribution < -0.4 is 9.80 Å². The molecule has 0 saturated heterocycles. The second kappa shape index (κ2) is 17.6. The fraction of sp³-hybridized carbons (Fsp3) is 0.139. The molecule has 0 N–H and O–H groups in total. The number of para-hydroxylation sites is 2. The molecule has 11 aromatic carbocycles. The van der Waals surface area contributed by atoms with Gasteiger partial charge in [-0.25, -0.2) is 0 Å². The summed E-state index contributed by atoms with van der Waals surface area (Å²) in [4.78, 5) is 4.84. The van der Waals surface area contributed by atoms with Crippen molar-refractivity contribution in [3.05, 3.63) is 264 Å². The molecule has 0 saturated carbocycles. The highest BCUT2D eigenvalue weighted by Crippen LogP contribution is 2.49. The second-order valence-corrected chi connectivity index (χ2v) is 22.6. The number of hydrogen-bond donors (Lipinski definition) is 0. The Morgan fingerprint density at radius 3 is 0.973 bits per heavy atom. The van der Waals surface area contributed by atoms with Crippen LogP contribution in [0.4, 0.5) is 34.1 Å². The first-order chi connectivity index (χ1) is 35.9. The number of hydrogen-bond acceptors (Lipinski definition) is 2. The minimum Gasteiger partial charge on any atom is -0.310 e. The van der Waals surface area contributed by atoms with Crippen molar-refractivity contribution in [2.45, 2.75) is 65.2 Å². The molecule has 0 unspecified atom stereocenters. The highest BCUT2D eigenvalue weighted by atomic mass is 15.1. The maximum atomic E-state index is 2.47. The van der Waals surface area contributed by atoms with E-state index in [0.29, 0.717) is 0 Å². The summed E-state index contributed by atoms with van der Waals surface area (Å²) in [5.74, 6) is 0. The maximum Gasteiger partial charge on any atom is 0.0468 e. The summed E-state index contributed by atoms with van der Waals surface area (Å²) in [5.41, 5.74) is 25.2. The van der Waals surface area contributed by atoms with E-state index in [9.17, 15) is 0 Å². The Hall–Kier alpha value is -8.46. The van der Waals surface area contributed by atoms with Crippen molar-refractivity contribution < 1.29 is 0 Å². The molecule has 2 nitrogen and oxygen atoms in total. The Labute approximate surface area is 436 Å². The summed E-state index contributed by atoms with van der Waals surface area (Å²) in [6, 6.07) is 86.1. The zero-order valence-electron chi connectivity index (χ0n) is 43.2. The highest BCUT2D eigenvalue weighted by molar-refractivity contribution is 6.10. The monoisotopic (exact) mass is 952 g/mol. The molecule has 0 aromatic heterocycles. The van der Waals surface area contributed by atoms with E-state index in [0.717, 1.165) is 47.0 Å². The van der Waals surface area contributed by atoms with Gasteiger partial charge in [0.25, 0.3) is 0 Å². The maximum absolute atomic E-state index is 2.47. The van der Waals surface area contributed by atoms with E-state index >= 15 is 0 Å². The van der Waals surface area contributed by atoms with Gasteiger partial charge < -0.3 is 9.80 Å². The first-order valence-electron chi connectivity index (χ1n) is 26.3. The second-order valence-electron chi connectivity index (χ2n) is 22.6. The molecule has 0 heterocycles. The number of rotatable bonds is 8. The zero-order chi connectivity index (χ0) is 50.3. The predicted molar refractivity (Wildman–Crippen MR) is 316 cm³/mol. The third-order valence-electron chi connectivity index (χ3n) is 15.6. The van der Waals surface area contributed by atoms with Crippen molar-refractivity contribution in [3.8, 4) is 44.5 Å². The van der Waals surface area contributed by atoms with E-state index in [2.05, 4.69) is 282 Å². The lowest BCUT2D eigenvalue weighted by molar-refractivity contribution is 0.593. The van der Waals surface area contributed by atoms with Crippen molar-refractivity contribution in [3.63, 3.8) is 0 Å². The van der Waals surface area contributed by atoms with Gasteiger partial charge in [-0.3, -0.25) is 0 Å². The Morgan fingerprint density at radius 1 is 0.257 bits per heavy atom. The average molecular weight is 953 g/mol. The third-order valence-corrected chi connectivity index (χ3v) is 15.6. The van der Waals surface area contributed by atoms with Crippen LogP contribution in [-0.4, -0.2) is 0 Å². The molecule has 74 heavy (non-hydrogen) atoms. The summed E-state index contributed by atoms with van der Waals surface area (Å²) in [6.45, 7) is 14.3. The van der Waals surface area contributed by atoms with Crippen LogP contribution in [0.15, 0.2) is 231 Å². The number of fused-ring (bicyclic) bond motifs is 8. The Bertz CT molecular complexity index is 3680. The molecule has 11 aromatic rings. The van der Waals surface area contributed by atoms with Crippen molar-refractivity contribution >= 4 is 55.7 Å². The van der Waals surface area contributed by atoms with E-state index in [1.54, 1.807) is 0 Å². The van der Waals surface area contributed by atoms with Crippen LogP contribution >= 0.6 is 0 Å². The van der Waals surface area contributed by atoms with Crippen LogP contribution in [0.2, 0.25) is 0 Å². The minimum atomic E-state index is -0.168. The molecular formula is C72H60N2. The molecule has 2 aliphatic carbocycles. The van der Waals surface area contributed by atoms with Crippen molar-refractivity contribution in [1.29, 1.82) is 0 Å². The Morgan fingerprint density at radius 2 is 0.581 bits per heavy atom. The normalized spacial score (nSPS) is 12.6. The van der Waals surface area contributed by atoms with Gasteiger partial charge in [0.15, 0.2) is 0 Å². The standard InChI is InChI=1S/C72H60N2/c1-71(2,3)69-65-39-35-60(74(56-21-11-8-12-22-56)58-33-27-48(28-34-58)50-30-38-64-54(42-50)44-52-18-14-16-24-62(52)64)46-68(65)70(72(4,5)6)66-40-36-59(45-67(66)69)73(55-19-9-7-10-20-55)57-31-25-47(26-32-57)49-29-37-63-53(41-49)43-51-17-13-15-23-61(51)63/h7-42,45-46H,43-44H2,1-6H3. The van der Waals surface area contributed by atoms with Gasteiger partial charge in [-0.15, -0.1) is 0 Å². The lowest BCUT2D eigenvalue weighted by Gasteiger charge is -2.33. The number of nitrogens with zero attached hydrogens (tertiary/aromatic N) is 2. The topological polar surface area (TPSA) is 6.48 Å². The van der Waals surface area contributed by atoms with Crippen molar-refractivity contribution in [2.75, 3.05) is 9.80 Å². The van der Waals surface area contributed by atoms with Gasteiger partial charge in [0.1, 0.15) is 0 Å². The molecule has 0 aliphatic heterocycles. The van der Waals surface area contributed by atoms with Gasteiger partial charge >= 0.3 is 0 Å². The first-order valence-corrected chi connectivity index (χ1v) is 26.3. The van der Waals surface area contributed by atoms with E-state index in [1.165, 1.54) is 99.4 Å². The molecule has 0 fully saturated rings. The summed E-state index contributed by atoms with van der Waals surface area (Å²) >= 11 is 0. The highest BCUT2D eigenvalue weighted by Gasteiger charge is 2.30. The summed E-state index contributed by atoms with van der Waals surface area (Å²) in [7, 11) is 0. The van der Waals surface area contributed by atoms with Gasteiger partial charge in [0.05, 0.1) is 0 Å². The smallest absolute Gasteiger partial charge is 0.0468 e. The van der Waals surface area contributed by atoms with Crippen LogP contribution in [0.25, 0.3) is 66.1 Å². The van der Waals surface area contributed by atoms with Crippen molar-refractivity contribution in [2.24, 2.45) is 0 Å². The molecule has 0 atom stereocenters. The number of anilines is 6. The summed E-state index contributed by atoms with van der Waals surface area (Å²) in [5, 5.41) is 5.18. The van der Waals surface area contributed by atoms with Crippen LogP contribution in [-0.2, 0) is 23.7 Å². The van der Waals surface area contributed by atoms with Crippen LogP contribution in [0, 0.1) is 0 Å². The first kappa shape index (κ1) is 45.4. The molecule has 13 rings (SSSR count). The number of benzene rings is 11. The van der Waals surface area contributed by atoms with E-state index < -0.39 is 0 Å². The lowest BCUT2D eigenvalue weighted by atomic mass is 9.74. The molecule has 2 heteroatoms. The largest absolute Gasteiger partial charge is 0.310 e. The van der Waals surface area contributed by atoms with E-state index in [-0.39, 0.29) is 10.8 Å². The molecule has 0 bridgehead atoms. The van der Waals surface area contributed by atoms with Crippen LogP contribution in [0.1, 0.15) is 74.9 Å². The molecule has 358 valence electrons. The van der Waals surface area contributed by atoms with Crippen LogP contribution in [0.3, 0.4) is 0 Å². The Balaban J connectivity index is 0.908. The predicted octanol–water partition coefficient (Wildman–Crippen LogP) is 20.0. The summed E-state index contributed by atoms with van der Waals surface area (Å²) in [6.07, 6.45) is 1.97. The molecular weight excluding hydrogens is 893 g/mol. The molecule has 0 amide bonds. The molecule has 0 spiro atoms. The van der Waals surface area contributed by atoms with Gasteiger partial charge in [0, 0.05) is 34.1 Å². The van der Waals surface area contributed by atoms with Gasteiger partial charge in [0.2, 0.25) is 0 Å². The fourth-order valence-corrected chi connectivity index (χ4v) is 12.4. The SMILES string of the molecule is CC(C)(C)c1c2ccc(N(c3ccccc3)c3ccc(-c4ccc5c(c4)Cc4ccccc4-5)cc3)cc2c(C(C)(C)C)c2ccc(N(c3ccccc3)c3ccc(-c4ccc5c(c4)Cc4ccccc4-5)cc3)cc12. The summed E-state index contributed by atoms with van der Waals surface area (Å²) < 4.78 is 0. The average Bonchev–Trinajstić information content (AvgIpc) is 3.99. The fourth-order valence-electron chi connectivity index (χ4n) is 12.4. The molecule has 2 aliphatic rings. The van der Waals surface area contributed by atoms with Gasteiger partial charge in [-0.1, -0.05) is 199 Å².